The molecule has 5 heteroatoms. The molecule has 0 aromatic rings. The monoisotopic (exact) mass is 430 g/mol. The third kappa shape index (κ3) is 3.42. The maximum absolute atomic E-state index is 13.2. The van der Waals surface area contributed by atoms with E-state index >= 15 is 0 Å². The number of carbonyl (C=O) groups is 3. The summed E-state index contributed by atoms with van der Waals surface area (Å²) in [5.41, 5.74) is -0.870. The zero-order chi connectivity index (χ0) is 22.4. The summed E-state index contributed by atoms with van der Waals surface area (Å²) in [5.74, 6) is -0.233. The highest BCUT2D eigenvalue weighted by Crippen LogP contribution is 2.66. The standard InChI is InChI=1S/C26H38O5/c1-4-5-15-31-23(29)22(28)26(30)12-6-7-21-19-9-8-17-16-18(27)10-13-24(17,2)20(19)11-14-25(21,26)3/h16,19-21,30H,4-15H2,1-3H3/t19-,20+,21+,24+,25+,26+/m1/s1. The number of unbranched alkanes of at least 4 members (excludes halogenated alkanes) is 1. The summed E-state index contributed by atoms with van der Waals surface area (Å²) < 4.78 is 5.20. The van der Waals surface area contributed by atoms with E-state index in [4.69, 9.17) is 4.74 Å². The lowest BCUT2D eigenvalue weighted by Crippen LogP contribution is -2.65. The smallest absolute Gasteiger partial charge is 0.377 e. The molecule has 4 aliphatic carbocycles. The third-order valence-corrected chi connectivity index (χ3v) is 9.64. The van der Waals surface area contributed by atoms with E-state index in [1.165, 1.54) is 5.57 Å². The Morgan fingerprint density at radius 3 is 2.61 bits per heavy atom. The SMILES string of the molecule is CCCCOC(=O)C(=O)[C@@]1(O)CCC[C@H]2[C@@H]3CCC4=CC(=O)CC[C@]4(C)[C@H]3CC[C@@]21C. The first-order chi connectivity index (χ1) is 14.7. The second-order valence-corrected chi connectivity index (χ2v) is 11.0. The number of hydrogen-bond donors (Lipinski definition) is 1. The number of carbonyl (C=O) groups excluding carboxylic acids is 3. The summed E-state index contributed by atoms with van der Waals surface area (Å²) in [7, 11) is 0. The Morgan fingerprint density at radius 1 is 1.10 bits per heavy atom. The van der Waals surface area contributed by atoms with Crippen molar-refractivity contribution in [2.24, 2.45) is 28.6 Å². The maximum Gasteiger partial charge on any atom is 0.377 e. The molecule has 3 saturated carbocycles. The van der Waals surface area contributed by atoms with Crippen molar-refractivity contribution in [2.75, 3.05) is 6.61 Å². The van der Waals surface area contributed by atoms with Crippen LogP contribution in [-0.4, -0.2) is 34.9 Å². The van der Waals surface area contributed by atoms with Crippen molar-refractivity contribution in [3.8, 4) is 0 Å². The number of ketones is 2. The summed E-state index contributed by atoms with van der Waals surface area (Å²) in [4.78, 5) is 37.7. The minimum atomic E-state index is -1.64. The maximum atomic E-state index is 13.2. The van der Waals surface area contributed by atoms with Gasteiger partial charge in [-0.2, -0.15) is 0 Å². The van der Waals surface area contributed by atoms with Gasteiger partial charge in [0.05, 0.1) is 6.61 Å². The van der Waals surface area contributed by atoms with Crippen LogP contribution in [0, 0.1) is 28.6 Å². The lowest BCUT2D eigenvalue weighted by atomic mass is 9.42. The molecule has 4 rings (SSSR count). The van der Waals surface area contributed by atoms with Gasteiger partial charge in [-0.3, -0.25) is 9.59 Å². The van der Waals surface area contributed by atoms with Crippen LogP contribution in [0.25, 0.3) is 0 Å². The Morgan fingerprint density at radius 2 is 1.87 bits per heavy atom. The minimum absolute atomic E-state index is 0.0524. The highest BCUT2D eigenvalue weighted by atomic mass is 16.5. The average Bonchev–Trinajstić information content (AvgIpc) is 2.74. The number of fused-ring (bicyclic) bond motifs is 5. The molecule has 0 unspecified atom stereocenters. The van der Waals surface area contributed by atoms with E-state index in [1.54, 1.807) is 0 Å². The fraction of sp³-hybridized carbons (Fsp3) is 0.808. The second-order valence-electron chi connectivity index (χ2n) is 11.0. The Labute approximate surface area is 186 Å². The van der Waals surface area contributed by atoms with Gasteiger partial charge < -0.3 is 9.84 Å². The first-order valence-corrected chi connectivity index (χ1v) is 12.3. The normalized spacial score (nSPS) is 42.0. The van der Waals surface area contributed by atoms with Crippen LogP contribution in [0.3, 0.4) is 0 Å². The van der Waals surface area contributed by atoms with Crippen LogP contribution in [0.5, 0.6) is 0 Å². The van der Waals surface area contributed by atoms with Crippen LogP contribution in [0.2, 0.25) is 0 Å². The van der Waals surface area contributed by atoms with Crippen molar-refractivity contribution in [3.63, 3.8) is 0 Å². The molecule has 1 N–H and O–H groups in total. The van der Waals surface area contributed by atoms with Gasteiger partial charge in [0.25, 0.3) is 5.78 Å². The van der Waals surface area contributed by atoms with Crippen molar-refractivity contribution >= 4 is 17.5 Å². The van der Waals surface area contributed by atoms with Gasteiger partial charge >= 0.3 is 5.97 Å². The van der Waals surface area contributed by atoms with Crippen molar-refractivity contribution in [1.29, 1.82) is 0 Å². The number of esters is 1. The summed E-state index contributed by atoms with van der Waals surface area (Å²) in [6, 6.07) is 0. The van der Waals surface area contributed by atoms with E-state index in [0.29, 0.717) is 24.7 Å². The lowest BCUT2D eigenvalue weighted by molar-refractivity contribution is -0.200. The molecule has 3 fully saturated rings. The highest BCUT2D eigenvalue weighted by Gasteiger charge is 2.65. The minimum Gasteiger partial charge on any atom is -0.460 e. The lowest BCUT2D eigenvalue weighted by Gasteiger charge is -2.63. The van der Waals surface area contributed by atoms with E-state index in [2.05, 4.69) is 6.92 Å². The Kier molecular flexibility index (Phi) is 5.95. The van der Waals surface area contributed by atoms with Crippen molar-refractivity contribution in [2.45, 2.75) is 97.0 Å². The Balaban J connectivity index is 1.60. The molecule has 0 aromatic carbocycles. The molecule has 0 bridgehead atoms. The van der Waals surface area contributed by atoms with Gasteiger partial charge in [-0.15, -0.1) is 0 Å². The van der Waals surface area contributed by atoms with Gasteiger partial charge in [-0.05, 0) is 87.0 Å². The quantitative estimate of drug-likeness (QED) is 0.393. The molecule has 172 valence electrons. The summed E-state index contributed by atoms with van der Waals surface area (Å²) in [6.07, 6.45) is 10.7. The highest BCUT2D eigenvalue weighted by molar-refractivity contribution is 6.37. The zero-order valence-electron chi connectivity index (χ0n) is 19.4. The molecule has 4 aliphatic rings. The summed E-state index contributed by atoms with van der Waals surface area (Å²) >= 11 is 0. The fourth-order valence-corrected chi connectivity index (χ4v) is 7.71. The van der Waals surface area contributed by atoms with Crippen LogP contribution in [-0.2, 0) is 19.1 Å². The van der Waals surface area contributed by atoms with Crippen molar-refractivity contribution in [1.82, 2.24) is 0 Å². The van der Waals surface area contributed by atoms with Gasteiger partial charge in [0.2, 0.25) is 0 Å². The predicted molar refractivity (Wildman–Crippen MR) is 117 cm³/mol. The zero-order valence-corrected chi connectivity index (χ0v) is 19.4. The van der Waals surface area contributed by atoms with Gasteiger partial charge in [-0.25, -0.2) is 4.79 Å². The first kappa shape index (κ1) is 22.7. The molecule has 0 saturated heterocycles. The van der Waals surface area contributed by atoms with Crippen LogP contribution in [0.1, 0.15) is 91.4 Å². The largest absolute Gasteiger partial charge is 0.460 e. The number of ether oxygens (including phenoxy) is 1. The number of rotatable bonds is 5. The molecule has 0 radical (unpaired) electrons. The molecule has 0 aromatic heterocycles. The van der Waals surface area contributed by atoms with Gasteiger partial charge in [-0.1, -0.05) is 32.8 Å². The molecular weight excluding hydrogens is 392 g/mol. The molecule has 0 aliphatic heterocycles. The number of aliphatic hydroxyl groups is 1. The predicted octanol–water partition coefficient (Wildman–Crippen LogP) is 4.55. The molecule has 31 heavy (non-hydrogen) atoms. The number of hydrogen-bond acceptors (Lipinski definition) is 5. The van der Waals surface area contributed by atoms with Crippen molar-refractivity contribution in [3.05, 3.63) is 11.6 Å². The van der Waals surface area contributed by atoms with E-state index in [1.807, 2.05) is 19.9 Å². The fourth-order valence-electron chi connectivity index (χ4n) is 7.71. The molecule has 0 spiro atoms. The number of allylic oxidation sites excluding steroid dienone is 2. The topological polar surface area (TPSA) is 80.7 Å². The van der Waals surface area contributed by atoms with Crippen LogP contribution in [0.4, 0.5) is 0 Å². The molecule has 0 amide bonds. The third-order valence-electron chi connectivity index (χ3n) is 9.64. The summed E-state index contributed by atoms with van der Waals surface area (Å²) in [6.45, 7) is 6.61. The van der Waals surface area contributed by atoms with E-state index in [-0.39, 0.29) is 23.7 Å². The van der Waals surface area contributed by atoms with Gasteiger partial charge in [0.15, 0.2) is 5.78 Å². The first-order valence-electron chi connectivity index (χ1n) is 12.3. The molecular formula is C26H38O5. The molecule has 5 nitrogen and oxygen atoms in total. The molecule has 6 atom stereocenters. The van der Waals surface area contributed by atoms with Crippen LogP contribution >= 0.6 is 0 Å². The number of Topliss-reactive ketones (excluding diaryl/α,β-unsaturated/α-hetero) is 1. The van der Waals surface area contributed by atoms with Crippen LogP contribution < -0.4 is 0 Å². The Bertz CT molecular complexity index is 800. The van der Waals surface area contributed by atoms with Gasteiger partial charge in [0, 0.05) is 11.8 Å². The molecule has 0 heterocycles. The van der Waals surface area contributed by atoms with Crippen molar-refractivity contribution < 1.29 is 24.2 Å². The van der Waals surface area contributed by atoms with Gasteiger partial charge in [0.1, 0.15) is 5.60 Å². The van der Waals surface area contributed by atoms with E-state index < -0.39 is 22.8 Å². The second kappa shape index (κ2) is 8.13. The van der Waals surface area contributed by atoms with E-state index in [9.17, 15) is 19.5 Å². The Hall–Kier alpha value is -1.49. The average molecular weight is 431 g/mol. The van der Waals surface area contributed by atoms with E-state index in [0.717, 1.165) is 57.8 Å². The summed E-state index contributed by atoms with van der Waals surface area (Å²) in [5, 5.41) is 11.7. The van der Waals surface area contributed by atoms with Crippen LogP contribution in [0.15, 0.2) is 11.6 Å².